The molecule has 0 aromatic heterocycles. The molecular formula is C21H27N3O. The Balaban J connectivity index is 1.45. The van der Waals surface area contributed by atoms with Gasteiger partial charge in [-0.3, -0.25) is 4.79 Å². The lowest BCUT2D eigenvalue weighted by Crippen LogP contribution is -2.27. The molecule has 0 saturated carbocycles. The number of anilines is 2. The van der Waals surface area contributed by atoms with Gasteiger partial charge in [0.15, 0.2) is 0 Å². The van der Waals surface area contributed by atoms with Gasteiger partial charge in [-0.15, -0.1) is 0 Å². The van der Waals surface area contributed by atoms with E-state index < -0.39 is 0 Å². The second-order valence-electron chi connectivity index (χ2n) is 6.59. The summed E-state index contributed by atoms with van der Waals surface area (Å²) in [6, 6.07) is 18.3. The van der Waals surface area contributed by atoms with E-state index in [1.165, 1.54) is 36.9 Å². The predicted octanol–water partition coefficient (Wildman–Crippen LogP) is 3.80. The molecule has 0 bridgehead atoms. The third-order valence-corrected chi connectivity index (χ3v) is 4.58. The maximum Gasteiger partial charge on any atom is 0.238 e. The number of carbonyl (C=O) groups is 1. The number of nitrogens with zero attached hydrogens (tertiary/aromatic N) is 1. The smallest absolute Gasteiger partial charge is 0.238 e. The molecule has 0 spiro atoms. The van der Waals surface area contributed by atoms with Gasteiger partial charge >= 0.3 is 0 Å². The van der Waals surface area contributed by atoms with E-state index in [1.54, 1.807) is 0 Å². The van der Waals surface area contributed by atoms with E-state index >= 15 is 0 Å². The summed E-state index contributed by atoms with van der Waals surface area (Å²) in [5.74, 6) is -0.0153. The Hall–Kier alpha value is -2.33. The van der Waals surface area contributed by atoms with Gasteiger partial charge in [-0.2, -0.15) is 0 Å². The normalized spacial score (nSPS) is 14.8. The molecule has 1 saturated heterocycles. The molecule has 1 aliphatic rings. The van der Waals surface area contributed by atoms with Crippen LogP contribution in [-0.4, -0.2) is 25.5 Å². The van der Waals surface area contributed by atoms with Crippen LogP contribution in [0.3, 0.4) is 0 Å². The van der Waals surface area contributed by atoms with E-state index in [9.17, 15) is 4.79 Å². The van der Waals surface area contributed by atoms with Gasteiger partial charge in [0.1, 0.15) is 0 Å². The predicted molar refractivity (Wildman–Crippen MR) is 104 cm³/mol. The number of carbonyl (C=O) groups excluding carboxylic acids is 1. The lowest BCUT2D eigenvalue weighted by atomic mass is 10.2. The molecule has 132 valence electrons. The summed E-state index contributed by atoms with van der Waals surface area (Å²) >= 11 is 0. The lowest BCUT2D eigenvalue weighted by Gasteiger charge is -2.22. The molecule has 0 atom stereocenters. The highest BCUT2D eigenvalue weighted by atomic mass is 16.1. The van der Waals surface area contributed by atoms with Crippen LogP contribution in [0.25, 0.3) is 0 Å². The number of hydrogen-bond acceptors (Lipinski definition) is 3. The zero-order valence-electron chi connectivity index (χ0n) is 14.7. The molecule has 2 aromatic rings. The van der Waals surface area contributed by atoms with Crippen LogP contribution < -0.4 is 15.5 Å². The first-order valence-electron chi connectivity index (χ1n) is 9.21. The zero-order chi connectivity index (χ0) is 17.3. The summed E-state index contributed by atoms with van der Waals surface area (Å²) < 4.78 is 0. The second kappa shape index (κ2) is 9.23. The van der Waals surface area contributed by atoms with Crippen LogP contribution in [0.15, 0.2) is 54.6 Å². The van der Waals surface area contributed by atoms with E-state index in [-0.39, 0.29) is 5.91 Å². The van der Waals surface area contributed by atoms with Gasteiger partial charge < -0.3 is 15.5 Å². The Labute approximate surface area is 150 Å². The van der Waals surface area contributed by atoms with Crippen molar-refractivity contribution >= 4 is 17.3 Å². The van der Waals surface area contributed by atoms with Gasteiger partial charge in [-0.1, -0.05) is 43.2 Å². The summed E-state index contributed by atoms with van der Waals surface area (Å²) in [5.41, 5.74) is 3.28. The summed E-state index contributed by atoms with van der Waals surface area (Å²) in [6.07, 6.45) is 5.21. The van der Waals surface area contributed by atoms with E-state index in [2.05, 4.69) is 27.7 Å². The molecule has 1 fully saturated rings. The molecule has 25 heavy (non-hydrogen) atoms. The monoisotopic (exact) mass is 337 g/mol. The molecule has 4 heteroatoms. The van der Waals surface area contributed by atoms with Gasteiger partial charge in [-0.25, -0.2) is 0 Å². The summed E-state index contributed by atoms with van der Waals surface area (Å²) in [5, 5.41) is 6.12. The first-order valence-corrected chi connectivity index (χ1v) is 9.21. The van der Waals surface area contributed by atoms with Gasteiger partial charge in [0.2, 0.25) is 5.91 Å². The molecule has 1 aliphatic heterocycles. The van der Waals surface area contributed by atoms with Crippen molar-refractivity contribution in [3.63, 3.8) is 0 Å². The van der Waals surface area contributed by atoms with Crippen molar-refractivity contribution in [1.29, 1.82) is 0 Å². The van der Waals surface area contributed by atoms with E-state index in [0.717, 1.165) is 18.8 Å². The summed E-state index contributed by atoms with van der Waals surface area (Å²) in [4.78, 5) is 14.5. The zero-order valence-corrected chi connectivity index (χ0v) is 14.7. The molecule has 1 heterocycles. The average molecular weight is 337 g/mol. The highest BCUT2D eigenvalue weighted by Gasteiger charge is 2.10. The van der Waals surface area contributed by atoms with Gasteiger partial charge in [0.25, 0.3) is 0 Å². The third kappa shape index (κ3) is 5.61. The van der Waals surface area contributed by atoms with E-state index in [0.29, 0.717) is 13.1 Å². The van der Waals surface area contributed by atoms with Gasteiger partial charge in [0.05, 0.1) is 6.54 Å². The maximum atomic E-state index is 12.1. The van der Waals surface area contributed by atoms with Gasteiger partial charge in [-0.05, 0) is 42.7 Å². The Morgan fingerprint density at radius 1 is 0.880 bits per heavy atom. The highest BCUT2D eigenvalue weighted by molar-refractivity contribution is 5.92. The number of benzene rings is 2. The minimum absolute atomic E-state index is 0.0153. The molecule has 3 rings (SSSR count). The number of nitrogens with one attached hydrogen (secondary N) is 2. The van der Waals surface area contributed by atoms with Crippen molar-refractivity contribution in [2.45, 2.75) is 32.2 Å². The Morgan fingerprint density at radius 3 is 2.24 bits per heavy atom. The molecule has 2 aromatic carbocycles. The highest BCUT2D eigenvalue weighted by Crippen LogP contribution is 2.21. The van der Waals surface area contributed by atoms with Crippen molar-refractivity contribution in [3.8, 4) is 0 Å². The molecule has 4 nitrogen and oxygen atoms in total. The van der Waals surface area contributed by atoms with Crippen molar-refractivity contribution in [2.75, 3.05) is 29.9 Å². The third-order valence-electron chi connectivity index (χ3n) is 4.58. The van der Waals surface area contributed by atoms with Crippen LogP contribution in [0.5, 0.6) is 0 Å². The minimum Gasteiger partial charge on any atom is -0.372 e. The van der Waals surface area contributed by atoms with Crippen molar-refractivity contribution in [3.05, 3.63) is 60.2 Å². The number of rotatable bonds is 6. The maximum absolute atomic E-state index is 12.1. The topological polar surface area (TPSA) is 44.4 Å². The molecule has 0 radical (unpaired) electrons. The molecule has 0 aliphatic carbocycles. The molecule has 2 N–H and O–H groups in total. The standard InChI is InChI=1S/C21H27N3O/c25-21(17-22-16-18-8-4-3-5-9-18)23-19-10-12-20(13-11-19)24-14-6-1-2-7-15-24/h3-5,8-13,22H,1-2,6-7,14-17H2,(H,23,25). The lowest BCUT2D eigenvalue weighted by molar-refractivity contribution is -0.115. The van der Waals surface area contributed by atoms with Crippen molar-refractivity contribution < 1.29 is 4.79 Å². The minimum atomic E-state index is -0.0153. The van der Waals surface area contributed by atoms with Crippen LogP contribution in [-0.2, 0) is 11.3 Å². The largest absolute Gasteiger partial charge is 0.372 e. The Morgan fingerprint density at radius 2 is 1.56 bits per heavy atom. The summed E-state index contributed by atoms with van der Waals surface area (Å²) in [6.45, 7) is 3.27. The number of hydrogen-bond donors (Lipinski definition) is 2. The Bertz CT molecular complexity index is 647. The fraction of sp³-hybridized carbons (Fsp3) is 0.381. The van der Waals surface area contributed by atoms with Crippen LogP contribution in [0, 0.1) is 0 Å². The van der Waals surface area contributed by atoms with Crippen LogP contribution in [0.1, 0.15) is 31.2 Å². The van der Waals surface area contributed by atoms with Crippen molar-refractivity contribution in [1.82, 2.24) is 5.32 Å². The van der Waals surface area contributed by atoms with Crippen LogP contribution in [0.4, 0.5) is 11.4 Å². The Kier molecular flexibility index (Phi) is 6.46. The first kappa shape index (κ1) is 17.5. The SMILES string of the molecule is O=C(CNCc1ccccc1)Nc1ccc(N2CCCCCC2)cc1. The fourth-order valence-electron chi connectivity index (χ4n) is 3.21. The first-order chi connectivity index (χ1) is 12.3. The van der Waals surface area contributed by atoms with Crippen LogP contribution in [0.2, 0.25) is 0 Å². The van der Waals surface area contributed by atoms with Gasteiger partial charge in [0, 0.05) is 31.0 Å². The average Bonchev–Trinajstić information content (AvgIpc) is 2.93. The number of amides is 1. The molecule has 1 amide bonds. The van der Waals surface area contributed by atoms with E-state index in [1.807, 2.05) is 42.5 Å². The fourth-order valence-corrected chi connectivity index (χ4v) is 3.21. The van der Waals surface area contributed by atoms with Crippen molar-refractivity contribution in [2.24, 2.45) is 0 Å². The molecular weight excluding hydrogens is 310 g/mol. The molecule has 0 unspecified atom stereocenters. The summed E-state index contributed by atoms with van der Waals surface area (Å²) in [7, 11) is 0. The second-order valence-corrected chi connectivity index (χ2v) is 6.59. The quantitative estimate of drug-likeness (QED) is 0.843. The van der Waals surface area contributed by atoms with E-state index in [4.69, 9.17) is 0 Å². The van der Waals surface area contributed by atoms with Crippen LogP contribution >= 0.6 is 0 Å².